The molecular weight excluding hydrogens is 481 g/mol. The Hall–Kier alpha value is -3.88. The highest BCUT2D eigenvalue weighted by molar-refractivity contribution is 6.41. The fourth-order valence-electron chi connectivity index (χ4n) is 2.66. The van der Waals surface area contributed by atoms with E-state index in [-0.39, 0.29) is 5.75 Å². The van der Waals surface area contributed by atoms with Crippen LogP contribution in [-0.4, -0.2) is 30.6 Å². The van der Waals surface area contributed by atoms with Gasteiger partial charge >= 0.3 is 17.8 Å². The van der Waals surface area contributed by atoms with Crippen molar-refractivity contribution in [3.8, 4) is 11.5 Å². The second-order valence-electron chi connectivity index (χ2n) is 6.67. The molecule has 0 saturated heterocycles. The van der Waals surface area contributed by atoms with E-state index in [1.54, 1.807) is 67.6 Å². The number of carbonyl (C=O) groups excluding carboxylic acids is 3. The predicted octanol–water partition coefficient (Wildman–Crippen LogP) is 4.70. The molecule has 8 nitrogen and oxygen atoms in total. The number of anilines is 1. The predicted molar refractivity (Wildman–Crippen MR) is 130 cm³/mol. The van der Waals surface area contributed by atoms with Gasteiger partial charge in [0.25, 0.3) is 0 Å². The van der Waals surface area contributed by atoms with E-state index in [2.05, 4.69) is 15.8 Å². The van der Waals surface area contributed by atoms with Crippen molar-refractivity contribution in [3.05, 3.63) is 87.9 Å². The number of rotatable bonds is 7. The number of hydrazone groups is 1. The Morgan fingerprint density at radius 3 is 2.38 bits per heavy atom. The first kappa shape index (κ1) is 24.8. The topological polar surface area (TPSA) is 106 Å². The molecule has 2 N–H and O–H groups in total. The number of hydrogen-bond acceptors (Lipinski definition) is 6. The highest BCUT2D eigenvalue weighted by atomic mass is 35.5. The molecule has 0 aromatic heterocycles. The molecule has 0 saturated carbocycles. The lowest BCUT2D eigenvalue weighted by molar-refractivity contribution is -0.136. The molecule has 3 aromatic rings. The summed E-state index contributed by atoms with van der Waals surface area (Å²) in [5.41, 5.74) is 3.30. The van der Waals surface area contributed by atoms with Crippen molar-refractivity contribution >= 4 is 52.9 Å². The van der Waals surface area contributed by atoms with Crippen LogP contribution >= 0.6 is 23.2 Å². The quantitative estimate of drug-likeness (QED) is 0.161. The number of carbonyl (C=O) groups is 3. The maximum absolute atomic E-state index is 12.4. The third kappa shape index (κ3) is 6.81. The lowest BCUT2D eigenvalue weighted by Gasteiger charge is -2.11. The Balaban J connectivity index is 1.64. The van der Waals surface area contributed by atoms with Crippen molar-refractivity contribution in [3.63, 3.8) is 0 Å². The molecule has 0 fully saturated rings. The van der Waals surface area contributed by atoms with Crippen molar-refractivity contribution < 1.29 is 23.9 Å². The van der Waals surface area contributed by atoms with E-state index in [0.717, 1.165) is 0 Å². The zero-order chi connectivity index (χ0) is 24.5. The summed E-state index contributed by atoms with van der Waals surface area (Å²) < 4.78 is 11.0. The molecule has 0 unspecified atom stereocenters. The third-order valence-corrected chi connectivity index (χ3v) is 4.84. The van der Waals surface area contributed by atoms with Gasteiger partial charge in [-0.15, -0.1) is 0 Å². The van der Waals surface area contributed by atoms with Crippen molar-refractivity contribution in [2.75, 3.05) is 11.9 Å². The van der Waals surface area contributed by atoms with Crippen LogP contribution in [-0.2, 0) is 9.59 Å². The minimum absolute atomic E-state index is 0.210. The summed E-state index contributed by atoms with van der Waals surface area (Å²) in [6.07, 6.45) is 1.31. The van der Waals surface area contributed by atoms with E-state index >= 15 is 0 Å². The summed E-state index contributed by atoms with van der Waals surface area (Å²) in [6.45, 7) is 2.11. The molecule has 3 rings (SSSR count). The van der Waals surface area contributed by atoms with Gasteiger partial charge in [-0.1, -0.05) is 35.3 Å². The average molecular weight is 500 g/mol. The number of esters is 1. The molecule has 0 bridgehead atoms. The highest BCUT2D eigenvalue weighted by Gasteiger charge is 2.15. The van der Waals surface area contributed by atoms with E-state index in [0.29, 0.717) is 39.2 Å². The van der Waals surface area contributed by atoms with Crippen LogP contribution < -0.4 is 20.2 Å². The van der Waals surface area contributed by atoms with Gasteiger partial charge in [-0.2, -0.15) is 5.10 Å². The molecule has 0 spiro atoms. The maximum atomic E-state index is 12.4. The number of amides is 2. The van der Waals surface area contributed by atoms with Crippen molar-refractivity contribution in [1.29, 1.82) is 0 Å². The molecule has 0 aliphatic heterocycles. The summed E-state index contributed by atoms with van der Waals surface area (Å²) in [5.74, 6) is -1.96. The first-order chi connectivity index (χ1) is 16.4. The molecule has 0 radical (unpaired) electrons. The Kier molecular flexibility index (Phi) is 8.61. The number of benzene rings is 3. The molecule has 10 heteroatoms. The van der Waals surface area contributed by atoms with Crippen molar-refractivity contribution in [2.24, 2.45) is 5.10 Å². The van der Waals surface area contributed by atoms with Crippen LogP contribution in [0.1, 0.15) is 22.8 Å². The van der Waals surface area contributed by atoms with Crippen LogP contribution in [0.5, 0.6) is 11.5 Å². The molecule has 0 aliphatic rings. The van der Waals surface area contributed by atoms with Crippen LogP contribution in [0.3, 0.4) is 0 Å². The monoisotopic (exact) mass is 499 g/mol. The molecule has 34 heavy (non-hydrogen) atoms. The summed E-state index contributed by atoms with van der Waals surface area (Å²) in [5, 5.41) is 6.98. The molecule has 0 heterocycles. The van der Waals surface area contributed by atoms with Gasteiger partial charge in [0.15, 0.2) is 11.5 Å². The van der Waals surface area contributed by atoms with E-state index < -0.39 is 17.8 Å². The summed E-state index contributed by atoms with van der Waals surface area (Å²) >= 11 is 11.8. The number of nitrogens with zero attached hydrogens (tertiary/aromatic N) is 1. The van der Waals surface area contributed by atoms with Gasteiger partial charge in [-0.3, -0.25) is 9.59 Å². The minimum atomic E-state index is -0.977. The Bertz CT molecular complexity index is 1230. The number of nitrogens with one attached hydrogen (secondary N) is 2. The lowest BCUT2D eigenvalue weighted by Crippen LogP contribution is -2.32. The van der Waals surface area contributed by atoms with Gasteiger partial charge in [0, 0.05) is 5.02 Å². The fourth-order valence-corrected chi connectivity index (χ4v) is 2.97. The first-order valence-corrected chi connectivity index (χ1v) is 10.8. The molecule has 3 aromatic carbocycles. The molecule has 174 valence electrons. The second-order valence-corrected chi connectivity index (χ2v) is 7.51. The van der Waals surface area contributed by atoms with Gasteiger partial charge in [-0.05, 0) is 67.1 Å². The van der Waals surface area contributed by atoms with Crippen LogP contribution in [0.25, 0.3) is 0 Å². The summed E-state index contributed by atoms with van der Waals surface area (Å²) in [7, 11) is 0. The number of hydrogen-bond donors (Lipinski definition) is 2. The van der Waals surface area contributed by atoms with E-state index in [4.69, 9.17) is 32.7 Å². The second kappa shape index (κ2) is 11.8. The van der Waals surface area contributed by atoms with Gasteiger partial charge < -0.3 is 14.8 Å². The number of para-hydroxylation sites is 1. The summed E-state index contributed by atoms with van der Waals surface area (Å²) in [4.78, 5) is 36.4. The van der Waals surface area contributed by atoms with Gasteiger partial charge in [0.1, 0.15) is 0 Å². The van der Waals surface area contributed by atoms with Crippen molar-refractivity contribution in [2.45, 2.75) is 6.92 Å². The van der Waals surface area contributed by atoms with Crippen LogP contribution in [0.4, 0.5) is 5.69 Å². The highest BCUT2D eigenvalue weighted by Crippen LogP contribution is 2.29. The normalized spacial score (nSPS) is 10.6. The average Bonchev–Trinajstić information content (AvgIpc) is 2.82. The lowest BCUT2D eigenvalue weighted by atomic mass is 10.2. The standard InChI is InChI=1S/C24H19Cl2N3O5/c1-2-33-21-13-15(7-12-20(21)34-24(32)16-8-10-17(25)11-9-16)14-27-29-23(31)22(30)28-19-6-4-3-5-18(19)26/h3-14H,2H2,1H3,(H,28,30)(H,29,31)/b27-14+. The SMILES string of the molecule is CCOc1cc(/C=N/NC(=O)C(=O)Nc2ccccc2Cl)ccc1OC(=O)c1ccc(Cl)cc1. The zero-order valence-electron chi connectivity index (χ0n) is 17.9. The van der Waals surface area contributed by atoms with Gasteiger partial charge in [0.2, 0.25) is 0 Å². The Labute approximate surface area is 205 Å². The third-order valence-electron chi connectivity index (χ3n) is 4.26. The Morgan fingerprint density at radius 2 is 1.68 bits per heavy atom. The smallest absolute Gasteiger partial charge is 0.343 e. The number of ether oxygens (including phenoxy) is 2. The molecular formula is C24H19Cl2N3O5. The van der Waals surface area contributed by atoms with Crippen LogP contribution in [0.2, 0.25) is 10.0 Å². The van der Waals surface area contributed by atoms with E-state index in [9.17, 15) is 14.4 Å². The van der Waals surface area contributed by atoms with E-state index in [1.165, 1.54) is 12.3 Å². The zero-order valence-corrected chi connectivity index (χ0v) is 19.4. The largest absolute Gasteiger partial charge is 0.490 e. The van der Waals surface area contributed by atoms with E-state index in [1.807, 2.05) is 0 Å². The van der Waals surface area contributed by atoms with Gasteiger partial charge in [0.05, 0.1) is 29.1 Å². The maximum Gasteiger partial charge on any atom is 0.343 e. The number of halogens is 2. The summed E-state index contributed by atoms with van der Waals surface area (Å²) in [6, 6.07) is 17.5. The molecule has 0 aliphatic carbocycles. The van der Waals surface area contributed by atoms with Gasteiger partial charge in [-0.25, -0.2) is 10.2 Å². The Morgan fingerprint density at radius 1 is 0.941 bits per heavy atom. The van der Waals surface area contributed by atoms with Crippen LogP contribution in [0, 0.1) is 0 Å². The van der Waals surface area contributed by atoms with Crippen molar-refractivity contribution in [1.82, 2.24) is 5.43 Å². The van der Waals surface area contributed by atoms with Crippen LogP contribution in [0.15, 0.2) is 71.8 Å². The first-order valence-electron chi connectivity index (χ1n) is 10.0. The molecule has 2 amide bonds. The minimum Gasteiger partial charge on any atom is -0.490 e. The fraction of sp³-hybridized carbons (Fsp3) is 0.0833. The molecule has 0 atom stereocenters.